The van der Waals surface area contributed by atoms with Crippen LogP contribution in [0.3, 0.4) is 0 Å². The van der Waals surface area contributed by atoms with Gasteiger partial charge in [-0.05, 0) is 49.6 Å². The number of allylic oxidation sites excluding steroid dienone is 1. The minimum absolute atomic E-state index is 0.156. The van der Waals surface area contributed by atoms with E-state index in [1.165, 1.54) is 21.9 Å². The molecule has 1 N–H and O–H groups in total. The summed E-state index contributed by atoms with van der Waals surface area (Å²) in [5.74, 6) is 0. The molecule has 1 unspecified atom stereocenters. The Kier molecular flexibility index (Phi) is 3.57. The molecule has 116 valence electrons. The molecule has 1 aliphatic carbocycles. The van der Waals surface area contributed by atoms with E-state index >= 15 is 0 Å². The Labute approximate surface area is 135 Å². The maximum atomic E-state index is 3.97. The first-order valence-corrected chi connectivity index (χ1v) is 11.3. The van der Waals surface area contributed by atoms with E-state index in [-0.39, 0.29) is 5.54 Å². The molecular formula is C20H27NSi. The van der Waals surface area contributed by atoms with E-state index in [0.29, 0.717) is 5.54 Å². The molecule has 1 atom stereocenters. The Hall–Kier alpha value is -1.38. The molecule has 0 bridgehead atoms. The van der Waals surface area contributed by atoms with Crippen molar-refractivity contribution in [2.45, 2.75) is 51.9 Å². The molecule has 3 rings (SSSR count). The maximum absolute atomic E-state index is 3.97. The van der Waals surface area contributed by atoms with Gasteiger partial charge in [0.25, 0.3) is 0 Å². The van der Waals surface area contributed by atoms with Crippen molar-refractivity contribution < 1.29 is 0 Å². The maximum Gasteiger partial charge on any atom is 0.131 e. The van der Waals surface area contributed by atoms with Gasteiger partial charge in [0.1, 0.15) is 8.24 Å². The summed E-state index contributed by atoms with van der Waals surface area (Å²) in [6, 6.07) is 13.4. The Morgan fingerprint density at radius 2 is 1.68 bits per heavy atom. The van der Waals surface area contributed by atoms with Crippen molar-refractivity contribution >= 4 is 25.1 Å². The molecule has 0 saturated carbocycles. The highest BCUT2D eigenvalue weighted by Crippen LogP contribution is 2.44. The quantitative estimate of drug-likeness (QED) is 0.725. The van der Waals surface area contributed by atoms with Gasteiger partial charge in [-0.3, -0.25) is 0 Å². The van der Waals surface area contributed by atoms with Gasteiger partial charge in [-0.2, -0.15) is 0 Å². The van der Waals surface area contributed by atoms with Crippen LogP contribution in [-0.4, -0.2) is 13.8 Å². The average Bonchev–Trinajstić information content (AvgIpc) is 2.73. The van der Waals surface area contributed by atoms with E-state index in [2.05, 4.69) is 88.2 Å². The molecule has 2 aromatic carbocycles. The van der Waals surface area contributed by atoms with Crippen molar-refractivity contribution in [1.82, 2.24) is 4.98 Å². The van der Waals surface area contributed by atoms with Gasteiger partial charge in [0, 0.05) is 11.1 Å². The average molecular weight is 310 g/mol. The summed E-state index contributed by atoms with van der Waals surface area (Å²) in [5.41, 5.74) is 5.18. The summed E-state index contributed by atoms with van der Waals surface area (Å²) in [7, 11) is -1.66. The standard InChI is InChI=1S/C20H27NSi/c1-14-13-16-12-11-15-9-7-8-10-17(15)18(16)19(14)22(5,6)21-20(2,3)4/h7-13,19,21H,1-6H3. The molecule has 22 heavy (non-hydrogen) atoms. The zero-order valence-electron chi connectivity index (χ0n) is 14.6. The number of rotatable bonds is 2. The molecule has 2 heteroatoms. The van der Waals surface area contributed by atoms with Crippen LogP contribution in [0.5, 0.6) is 0 Å². The second kappa shape index (κ2) is 5.07. The van der Waals surface area contributed by atoms with Crippen molar-refractivity contribution in [3.8, 4) is 0 Å². The van der Waals surface area contributed by atoms with Gasteiger partial charge in [-0.15, -0.1) is 0 Å². The van der Waals surface area contributed by atoms with Gasteiger partial charge in [0.2, 0.25) is 0 Å². The molecule has 0 aliphatic heterocycles. The first-order valence-electron chi connectivity index (χ1n) is 8.18. The van der Waals surface area contributed by atoms with Gasteiger partial charge in [0.05, 0.1) is 0 Å². The first-order chi connectivity index (χ1) is 10.2. The summed E-state index contributed by atoms with van der Waals surface area (Å²) >= 11 is 0. The fourth-order valence-corrected chi connectivity index (χ4v) is 8.63. The Morgan fingerprint density at radius 3 is 2.36 bits per heavy atom. The van der Waals surface area contributed by atoms with Crippen molar-refractivity contribution in [2.75, 3.05) is 0 Å². The summed E-state index contributed by atoms with van der Waals surface area (Å²) in [6.07, 6.45) is 2.39. The van der Waals surface area contributed by atoms with Gasteiger partial charge < -0.3 is 4.98 Å². The number of fused-ring (bicyclic) bond motifs is 3. The zero-order valence-corrected chi connectivity index (χ0v) is 15.6. The summed E-state index contributed by atoms with van der Waals surface area (Å²) < 4.78 is 0. The second-order valence-corrected chi connectivity index (χ2v) is 12.5. The zero-order chi connectivity index (χ0) is 16.1. The monoisotopic (exact) mass is 309 g/mol. The topological polar surface area (TPSA) is 12.0 Å². The molecule has 0 heterocycles. The SMILES string of the molecule is CC1=Cc2ccc3ccccc3c2C1[Si](C)(C)NC(C)(C)C. The van der Waals surface area contributed by atoms with Gasteiger partial charge in [-0.1, -0.05) is 61.1 Å². The van der Waals surface area contributed by atoms with Crippen LogP contribution in [-0.2, 0) is 0 Å². The van der Waals surface area contributed by atoms with E-state index < -0.39 is 8.24 Å². The van der Waals surface area contributed by atoms with Crippen LogP contribution in [0.4, 0.5) is 0 Å². The van der Waals surface area contributed by atoms with E-state index in [4.69, 9.17) is 0 Å². The van der Waals surface area contributed by atoms with Crippen LogP contribution < -0.4 is 4.98 Å². The van der Waals surface area contributed by atoms with E-state index in [0.717, 1.165) is 0 Å². The predicted molar refractivity (Wildman–Crippen MR) is 101 cm³/mol. The molecule has 0 amide bonds. The van der Waals surface area contributed by atoms with Gasteiger partial charge in [-0.25, -0.2) is 0 Å². The van der Waals surface area contributed by atoms with Crippen LogP contribution in [0.25, 0.3) is 16.8 Å². The van der Waals surface area contributed by atoms with Crippen molar-refractivity contribution in [1.29, 1.82) is 0 Å². The van der Waals surface area contributed by atoms with Crippen LogP contribution >= 0.6 is 0 Å². The summed E-state index contributed by atoms with van der Waals surface area (Å²) in [4.78, 5) is 3.97. The van der Waals surface area contributed by atoms with Crippen molar-refractivity contribution in [3.63, 3.8) is 0 Å². The third-order valence-electron chi connectivity index (χ3n) is 4.55. The molecule has 2 aromatic rings. The largest absolute Gasteiger partial charge is 0.332 e. The van der Waals surface area contributed by atoms with E-state index in [9.17, 15) is 0 Å². The number of benzene rings is 2. The fraction of sp³-hybridized carbons (Fsp3) is 0.400. The van der Waals surface area contributed by atoms with Gasteiger partial charge >= 0.3 is 0 Å². The lowest BCUT2D eigenvalue weighted by Gasteiger charge is -2.39. The van der Waals surface area contributed by atoms with Crippen LogP contribution in [0.2, 0.25) is 13.1 Å². The highest BCUT2D eigenvalue weighted by atomic mass is 28.3. The minimum Gasteiger partial charge on any atom is -0.332 e. The molecule has 0 radical (unpaired) electrons. The minimum atomic E-state index is -1.66. The molecule has 1 nitrogen and oxygen atoms in total. The van der Waals surface area contributed by atoms with Crippen LogP contribution in [0, 0.1) is 0 Å². The highest BCUT2D eigenvalue weighted by Gasteiger charge is 2.41. The smallest absolute Gasteiger partial charge is 0.131 e. The normalized spacial score (nSPS) is 18.5. The molecule has 1 aliphatic rings. The first kappa shape index (κ1) is 15.5. The number of nitrogens with one attached hydrogen (secondary N) is 1. The third-order valence-corrected chi connectivity index (χ3v) is 8.13. The summed E-state index contributed by atoms with van der Waals surface area (Å²) in [5, 5.41) is 2.78. The molecule has 0 saturated heterocycles. The van der Waals surface area contributed by atoms with Crippen molar-refractivity contribution in [3.05, 3.63) is 53.1 Å². The third kappa shape index (κ3) is 2.66. The fourth-order valence-electron chi connectivity index (χ4n) is 4.29. The van der Waals surface area contributed by atoms with E-state index in [1.807, 2.05) is 0 Å². The number of hydrogen-bond donors (Lipinski definition) is 1. The van der Waals surface area contributed by atoms with Gasteiger partial charge in [0.15, 0.2) is 0 Å². The summed E-state index contributed by atoms with van der Waals surface area (Å²) in [6.45, 7) is 14.1. The molecular weight excluding hydrogens is 282 g/mol. The lowest BCUT2D eigenvalue weighted by atomic mass is 10.00. The van der Waals surface area contributed by atoms with Crippen molar-refractivity contribution in [2.24, 2.45) is 0 Å². The lowest BCUT2D eigenvalue weighted by molar-refractivity contribution is 0.508. The Bertz CT molecular complexity index is 750. The Morgan fingerprint density at radius 1 is 1.00 bits per heavy atom. The van der Waals surface area contributed by atoms with Crippen LogP contribution in [0.15, 0.2) is 42.0 Å². The lowest BCUT2D eigenvalue weighted by Crippen LogP contribution is -2.58. The molecule has 0 aromatic heterocycles. The van der Waals surface area contributed by atoms with Crippen LogP contribution in [0.1, 0.15) is 44.4 Å². The molecule has 0 spiro atoms. The predicted octanol–water partition coefficient (Wildman–Crippen LogP) is 5.47. The van der Waals surface area contributed by atoms with E-state index in [1.54, 1.807) is 5.56 Å². The molecule has 0 fully saturated rings. The Balaban J connectivity index is 2.17. The second-order valence-electron chi connectivity index (χ2n) is 8.21. The number of hydrogen-bond acceptors (Lipinski definition) is 1. The highest BCUT2D eigenvalue weighted by molar-refractivity contribution is 6.77.